The molecule has 0 unspecified atom stereocenters. The maximum absolute atomic E-state index is 12.9. The highest BCUT2D eigenvalue weighted by molar-refractivity contribution is 6.05. The average molecular weight is 429 g/mol. The highest BCUT2D eigenvalue weighted by Crippen LogP contribution is 2.29. The van der Waals surface area contributed by atoms with Crippen LogP contribution in [0.3, 0.4) is 0 Å². The molecule has 4 rings (SSSR count). The Bertz CT molecular complexity index is 1250. The summed E-state index contributed by atoms with van der Waals surface area (Å²) in [6.45, 7) is 10.2. The Morgan fingerprint density at radius 3 is 2.59 bits per heavy atom. The molecule has 0 saturated carbocycles. The van der Waals surface area contributed by atoms with E-state index >= 15 is 0 Å². The molecule has 0 aliphatic heterocycles. The average Bonchev–Trinajstić information content (AvgIpc) is 3.18. The van der Waals surface area contributed by atoms with Crippen molar-refractivity contribution in [2.75, 3.05) is 5.32 Å². The van der Waals surface area contributed by atoms with Crippen molar-refractivity contribution in [3.63, 3.8) is 0 Å². The minimum atomic E-state index is -0.191. The number of nitrogens with zero attached hydrogens (tertiary/aromatic N) is 1. The van der Waals surface area contributed by atoms with E-state index in [-0.39, 0.29) is 12.0 Å². The van der Waals surface area contributed by atoms with Crippen LogP contribution in [0.1, 0.15) is 47.3 Å². The third-order valence-electron chi connectivity index (χ3n) is 5.75. The smallest absolute Gasteiger partial charge is 0.255 e. The molecule has 164 valence electrons. The van der Waals surface area contributed by atoms with Gasteiger partial charge in [-0.05, 0) is 93.3 Å². The van der Waals surface area contributed by atoms with Gasteiger partial charge in [0.2, 0.25) is 5.89 Å². The molecule has 5 nitrogen and oxygen atoms in total. The molecule has 0 bridgehead atoms. The molecule has 32 heavy (non-hydrogen) atoms. The quantitative estimate of drug-likeness (QED) is 0.365. The van der Waals surface area contributed by atoms with E-state index < -0.39 is 0 Å². The van der Waals surface area contributed by atoms with Crippen LogP contribution in [0.2, 0.25) is 0 Å². The molecular weight excluding hydrogens is 400 g/mol. The van der Waals surface area contributed by atoms with Crippen LogP contribution in [0.4, 0.5) is 5.69 Å². The molecule has 0 radical (unpaired) electrons. The number of nitrogens with one attached hydrogen (secondary N) is 1. The lowest BCUT2D eigenvalue weighted by atomic mass is 10.1. The molecular formula is C27H28N2O3. The Morgan fingerprint density at radius 1 is 1.03 bits per heavy atom. The van der Waals surface area contributed by atoms with Gasteiger partial charge in [-0.15, -0.1) is 0 Å². The summed E-state index contributed by atoms with van der Waals surface area (Å²) in [5.74, 6) is 1.03. The van der Waals surface area contributed by atoms with Gasteiger partial charge in [0.25, 0.3) is 5.91 Å². The normalized spacial score (nSPS) is 12.0. The van der Waals surface area contributed by atoms with Crippen LogP contribution in [0.5, 0.6) is 5.75 Å². The number of amides is 1. The first-order valence-electron chi connectivity index (χ1n) is 10.9. The summed E-state index contributed by atoms with van der Waals surface area (Å²) in [5, 5.41) is 3.02. The third-order valence-corrected chi connectivity index (χ3v) is 5.75. The Balaban J connectivity index is 1.60. The second kappa shape index (κ2) is 8.87. The Morgan fingerprint density at radius 2 is 1.81 bits per heavy atom. The number of anilines is 1. The van der Waals surface area contributed by atoms with Crippen molar-refractivity contribution >= 4 is 22.7 Å². The van der Waals surface area contributed by atoms with Crippen LogP contribution in [-0.2, 0) is 0 Å². The zero-order valence-corrected chi connectivity index (χ0v) is 19.2. The van der Waals surface area contributed by atoms with Crippen LogP contribution in [0.25, 0.3) is 22.6 Å². The molecule has 3 aromatic carbocycles. The highest BCUT2D eigenvalue weighted by Gasteiger charge is 2.14. The Kier molecular flexibility index (Phi) is 5.99. The number of hydrogen-bond donors (Lipinski definition) is 1. The van der Waals surface area contributed by atoms with Gasteiger partial charge in [-0.25, -0.2) is 4.98 Å². The lowest BCUT2D eigenvalue weighted by Gasteiger charge is -2.14. The van der Waals surface area contributed by atoms with Crippen LogP contribution in [0.15, 0.2) is 59.0 Å². The summed E-state index contributed by atoms with van der Waals surface area (Å²) in [6, 6.07) is 17.1. The molecule has 1 aromatic heterocycles. The van der Waals surface area contributed by atoms with Gasteiger partial charge in [-0.3, -0.25) is 4.79 Å². The number of oxazole rings is 1. The van der Waals surface area contributed by atoms with Gasteiger partial charge in [-0.2, -0.15) is 0 Å². The van der Waals surface area contributed by atoms with Gasteiger partial charge >= 0.3 is 0 Å². The van der Waals surface area contributed by atoms with E-state index in [2.05, 4.69) is 31.1 Å². The van der Waals surface area contributed by atoms with E-state index in [0.717, 1.165) is 39.9 Å². The second-order valence-corrected chi connectivity index (χ2v) is 8.27. The van der Waals surface area contributed by atoms with Gasteiger partial charge < -0.3 is 14.5 Å². The van der Waals surface area contributed by atoms with E-state index in [0.29, 0.717) is 17.2 Å². The molecule has 0 saturated heterocycles. The van der Waals surface area contributed by atoms with Gasteiger partial charge in [0.05, 0.1) is 6.10 Å². The highest BCUT2D eigenvalue weighted by atomic mass is 16.5. The fraction of sp³-hybridized carbons (Fsp3) is 0.259. The van der Waals surface area contributed by atoms with E-state index in [1.54, 1.807) is 12.1 Å². The summed E-state index contributed by atoms with van der Waals surface area (Å²) in [4.78, 5) is 17.6. The summed E-state index contributed by atoms with van der Waals surface area (Å²) in [6.07, 6.45) is 0.994. The fourth-order valence-corrected chi connectivity index (χ4v) is 3.41. The lowest BCUT2D eigenvalue weighted by molar-refractivity contribution is 0.102. The van der Waals surface area contributed by atoms with E-state index in [1.165, 1.54) is 5.56 Å². The van der Waals surface area contributed by atoms with Crippen LogP contribution in [0, 0.1) is 20.8 Å². The molecule has 0 aliphatic carbocycles. The summed E-state index contributed by atoms with van der Waals surface area (Å²) < 4.78 is 11.8. The van der Waals surface area contributed by atoms with Crippen molar-refractivity contribution in [2.45, 2.75) is 47.1 Å². The monoisotopic (exact) mass is 428 g/mol. The molecule has 1 heterocycles. The van der Waals surface area contributed by atoms with Crippen LogP contribution >= 0.6 is 0 Å². The van der Waals surface area contributed by atoms with Crippen molar-refractivity contribution in [3.05, 3.63) is 76.9 Å². The largest absolute Gasteiger partial charge is 0.491 e. The Hall–Kier alpha value is -3.60. The molecule has 0 spiro atoms. The molecule has 1 N–H and O–H groups in total. The molecule has 1 atom stereocenters. The topological polar surface area (TPSA) is 64.4 Å². The number of rotatable bonds is 6. The number of hydrogen-bond acceptors (Lipinski definition) is 4. The molecule has 1 amide bonds. The zero-order chi connectivity index (χ0) is 22.8. The minimum absolute atomic E-state index is 0.0936. The molecule has 4 aromatic rings. The van der Waals surface area contributed by atoms with Crippen molar-refractivity contribution in [2.24, 2.45) is 0 Å². The predicted octanol–water partition coefficient (Wildman–Crippen LogP) is 6.85. The van der Waals surface area contributed by atoms with Crippen molar-refractivity contribution in [1.82, 2.24) is 4.98 Å². The molecule has 0 fully saturated rings. The molecule has 5 heteroatoms. The van der Waals surface area contributed by atoms with Gasteiger partial charge in [0.15, 0.2) is 5.58 Å². The van der Waals surface area contributed by atoms with Crippen LogP contribution < -0.4 is 10.1 Å². The second-order valence-electron chi connectivity index (χ2n) is 8.27. The first kappa shape index (κ1) is 21.6. The van der Waals surface area contributed by atoms with Gasteiger partial charge in [-0.1, -0.05) is 19.1 Å². The summed E-state index contributed by atoms with van der Waals surface area (Å²) in [5.41, 5.74) is 6.95. The maximum atomic E-state index is 12.9. The van der Waals surface area contributed by atoms with Gasteiger partial charge in [0, 0.05) is 16.8 Å². The summed E-state index contributed by atoms with van der Waals surface area (Å²) in [7, 11) is 0. The number of aryl methyl sites for hydroxylation is 3. The fourth-order valence-electron chi connectivity index (χ4n) is 3.41. The SMILES string of the molecule is CC[C@@H](C)Oc1cccc(C(=O)Nc2cc(-c3nc4cc(C)c(C)cc4o3)ccc2C)c1. The lowest BCUT2D eigenvalue weighted by Crippen LogP contribution is -2.14. The Labute approximate surface area is 188 Å². The number of carbonyl (C=O) groups is 1. The number of fused-ring (bicyclic) bond motifs is 1. The van der Waals surface area contributed by atoms with Crippen molar-refractivity contribution in [3.8, 4) is 17.2 Å². The minimum Gasteiger partial charge on any atom is -0.491 e. The first-order chi connectivity index (χ1) is 15.3. The summed E-state index contributed by atoms with van der Waals surface area (Å²) >= 11 is 0. The van der Waals surface area contributed by atoms with E-state index in [9.17, 15) is 4.79 Å². The molecule has 0 aliphatic rings. The number of benzene rings is 3. The maximum Gasteiger partial charge on any atom is 0.255 e. The predicted molar refractivity (Wildman–Crippen MR) is 128 cm³/mol. The van der Waals surface area contributed by atoms with E-state index in [4.69, 9.17) is 9.15 Å². The van der Waals surface area contributed by atoms with Crippen LogP contribution in [-0.4, -0.2) is 17.0 Å². The zero-order valence-electron chi connectivity index (χ0n) is 19.2. The van der Waals surface area contributed by atoms with Crippen molar-refractivity contribution in [1.29, 1.82) is 0 Å². The number of aromatic nitrogens is 1. The first-order valence-corrected chi connectivity index (χ1v) is 10.9. The van der Waals surface area contributed by atoms with Crippen molar-refractivity contribution < 1.29 is 13.9 Å². The number of carbonyl (C=O) groups excluding carboxylic acids is 1. The van der Waals surface area contributed by atoms with E-state index in [1.807, 2.05) is 56.3 Å². The van der Waals surface area contributed by atoms with Gasteiger partial charge in [0.1, 0.15) is 11.3 Å². The third kappa shape index (κ3) is 4.52. The standard InChI is InChI=1S/C27H28N2O3/c1-6-19(5)31-22-9-7-8-20(14-22)26(30)28-23-15-21(11-10-16(23)2)27-29-24-12-17(3)18(4)13-25(24)32-27/h7-15,19H,6H2,1-5H3,(H,28,30)/t19-/m1/s1. The number of ether oxygens (including phenoxy) is 1.